The van der Waals surface area contributed by atoms with Crippen molar-refractivity contribution in [1.82, 2.24) is 0 Å². The van der Waals surface area contributed by atoms with E-state index in [0.29, 0.717) is 0 Å². The Balaban J connectivity index is 2.37. The third kappa shape index (κ3) is 1.11. The van der Waals surface area contributed by atoms with Crippen molar-refractivity contribution in [3.63, 3.8) is 0 Å². The molecule has 64 valence electrons. The van der Waals surface area contributed by atoms with Gasteiger partial charge < -0.3 is 0 Å². The van der Waals surface area contributed by atoms with Crippen LogP contribution in [0.25, 0.3) is 5.31 Å². The first-order valence-electron chi connectivity index (χ1n) is 4.10. The Morgan fingerprint density at radius 3 is 2.00 bits per heavy atom. The van der Waals surface area contributed by atoms with Crippen LogP contribution in [0.3, 0.4) is 0 Å². The van der Waals surface area contributed by atoms with Gasteiger partial charge in [-0.2, -0.15) is 0 Å². The van der Waals surface area contributed by atoms with Gasteiger partial charge in [0.05, 0.1) is 0 Å². The van der Waals surface area contributed by atoms with Crippen LogP contribution in [0.2, 0.25) is 0 Å². The van der Waals surface area contributed by atoms with Crippen LogP contribution in [0.4, 0.5) is 0 Å². The predicted octanol–water partition coefficient (Wildman–Crippen LogP) is 3.57. The van der Waals surface area contributed by atoms with Crippen molar-refractivity contribution < 1.29 is 0 Å². The summed E-state index contributed by atoms with van der Waals surface area (Å²) in [7, 11) is -1.24. The molecular formula is C10H12ClP. The number of rotatable bonds is 1. The molecule has 0 aliphatic carbocycles. The van der Waals surface area contributed by atoms with E-state index in [0.717, 1.165) is 4.77 Å². The number of hydrogen-bond donors (Lipinski definition) is 0. The Hall–Kier alpha value is -0.320. The Labute approximate surface area is 78.6 Å². The first kappa shape index (κ1) is 8.29. The summed E-state index contributed by atoms with van der Waals surface area (Å²) in [5.74, 6) is 0. The van der Waals surface area contributed by atoms with E-state index in [9.17, 15) is 0 Å². The molecule has 2 rings (SSSR count). The fourth-order valence-corrected chi connectivity index (χ4v) is 5.10. The third-order valence-electron chi connectivity index (χ3n) is 2.39. The fraction of sp³-hybridized carbons (Fsp3) is 0.200. The molecule has 0 spiro atoms. The van der Waals surface area contributed by atoms with Crippen molar-refractivity contribution in [3.8, 4) is 0 Å². The quantitative estimate of drug-likeness (QED) is 0.606. The minimum absolute atomic E-state index is 1.15. The maximum absolute atomic E-state index is 6.12. The molecule has 0 saturated carbocycles. The number of halogens is 1. The van der Waals surface area contributed by atoms with E-state index >= 15 is 0 Å². The van der Waals surface area contributed by atoms with E-state index in [4.69, 9.17) is 11.6 Å². The average molecular weight is 199 g/mol. The van der Waals surface area contributed by atoms with E-state index in [2.05, 4.69) is 37.6 Å². The molecule has 1 aliphatic rings. The summed E-state index contributed by atoms with van der Waals surface area (Å²) in [5.41, 5.74) is 1.32. The molecule has 0 unspecified atom stereocenters. The molecule has 0 atom stereocenters. The summed E-state index contributed by atoms with van der Waals surface area (Å²) in [6, 6.07) is 10.4. The second-order valence-corrected chi connectivity index (χ2v) is 8.62. The van der Waals surface area contributed by atoms with Gasteiger partial charge in [-0.15, -0.1) is 0 Å². The van der Waals surface area contributed by atoms with Gasteiger partial charge in [0.1, 0.15) is 0 Å². The van der Waals surface area contributed by atoms with E-state index < -0.39 is 7.26 Å². The zero-order valence-electron chi connectivity index (χ0n) is 7.26. The zero-order valence-corrected chi connectivity index (χ0v) is 9.02. The van der Waals surface area contributed by atoms with E-state index in [-0.39, 0.29) is 0 Å². The van der Waals surface area contributed by atoms with Crippen LogP contribution >= 0.6 is 18.9 Å². The summed E-state index contributed by atoms with van der Waals surface area (Å²) in [4.78, 5) is 0. The molecule has 2 heteroatoms. The predicted molar refractivity (Wildman–Crippen MR) is 59.4 cm³/mol. The van der Waals surface area contributed by atoms with Crippen molar-refractivity contribution in [3.05, 3.63) is 40.7 Å². The molecule has 12 heavy (non-hydrogen) atoms. The van der Waals surface area contributed by atoms with Crippen LogP contribution in [0.1, 0.15) is 5.56 Å². The molecule has 0 N–H and O–H groups in total. The van der Waals surface area contributed by atoms with Crippen LogP contribution in [-0.4, -0.2) is 13.3 Å². The van der Waals surface area contributed by atoms with Crippen LogP contribution in [-0.2, 0) is 0 Å². The van der Waals surface area contributed by atoms with Gasteiger partial charge in [0.25, 0.3) is 0 Å². The summed E-state index contributed by atoms with van der Waals surface area (Å²) in [6.07, 6.45) is 0. The van der Waals surface area contributed by atoms with E-state index in [1.807, 2.05) is 6.07 Å². The molecule has 0 amide bonds. The molecule has 0 radical (unpaired) electrons. The van der Waals surface area contributed by atoms with Gasteiger partial charge in [0, 0.05) is 0 Å². The second-order valence-electron chi connectivity index (χ2n) is 3.68. The maximum atomic E-state index is 6.12. The monoisotopic (exact) mass is 198 g/mol. The molecule has 1 heterocycles. The zero-order chi connectivity index (χ0) is 8.77. The summed E-state index contributed by atoms with van der Waals surface area (Å²) < 4.78 is 1.15. The Kier molecular flexibility index (Phi) is 1.78. The topological polar surface area (TPSA) is 0 Å². The summed E-state index contributed by atoms with van der Waals surface area (Å²) in [6.45, 7) is 4.58. The molecule has 0 bridgehead atoms. The van der Waals surface area contributed by atoms with Gasteiger partial charge in [0.2, 0.25) is 0 Å². The van der Waals surface area contributed by atoms with Gasteiger partial charge in [-0.05, 0) is 0 Å². The van der Waals surface area contributed by atoms with Crippen molar-refractivity contribution in [2.75, 3.05) is 13.3 Å². The molecule has 1 aromatic rings. The summed E-state index contributed by atoms with van der Waals surface area (Å²) in [5, 5.41) is 1.43. The molecule has 0 nitrogen and oxygen atoms in total. The standard InChI is InChI=1S/C10H12ClP/c1-12(2)9(10(12)11)8-6-4-3-5-7-8/h3-7,12H,1-2H3. The van der Waals surface area contributed by atoms with Crippen molar-refractivity contribution in [2.24, 2.45) is 0 Å². The van der Waals surface area contributed by atoms with Crippen LogP contribution in [0.15, 0.2) is 35.1 Å². The Morgan fingerprint density at radius 1 is 1.08 bits per heavy atom. The molecule has 1 aliphatic heterocycles. The molecule has 0 saturated heterocycles. The average Bonchev–Trinajstić information content (AvgIpc) is 2.53. The van der Waals surface area contributed by atoms with Crippen LogP contribution < -0.4 is 0 Å². The first-order chi connectivity index (χ1) is 5.64. The van der Waals surface area contributed by atoms with Gasteiger partial charge in [-0.1, -0.05) is 0 Å². The normalized spacial score (nSPS) is 22.2. The Bertz CT molecular complexity index is 338. The minimum atomic E-state index is -1.24. The molecule has 0 fully saturated rings. The van der Waals surface area contributed by atoms with E-state index in [1.165, 1.54) is 10.9 Å². The molecule has 1 aromatic carbocycles. The van der Waals surface area contributed by atoms with Gasteiger partial charge in [-0.3, -0.25) is 0 Å². The molecular weight excluding hydrogens is 187 g/mol. The van der Waals surface area contributed by atoms with Crippen LogP contribution in [0, 0.1) is 0 Å². The number of hydrogen-bond acceptors (Lipinski definition) is 0. The van der Waals surface area contributed by atoms with E-state index in [1.54, 1.807) is 0 Å². The second kappa shape index (κ2) is 2.58. The van der Waals surface area contributed by atoms with Gasteiger partial charge in [-0.25, -0.2) is 0 Å². The Morgan fingerprint density at radius 2 is 1.58 bits per heavy atom. The summed E-state index contributed by atoms with van der Waals surface area (Å²) >= 11 is 6.12. The van der Waals surface area contributed by atoms with Gasteiger partial charge >= 0.3 is 78.2 Å². The first-order valence-corrected chi connectivity index (χ1v) is 7.48. The third-order valence-corrected chi connectivity index (χ3v) is 7.04. The van der Waals surface area contributed by atoms with Crippen molar-refractivity contribution >= 4 is 24.2 Å². The number of benzene rings is 1. The SMILES string of the molecule is C[PH]1(C)C(Cl)=C1c1ccccc1. The van der Waals surface area contributed by atoms with Gasteiger partial charge in [0.15, 0.2) is 0 Å². The van der Waals surface area contributed by atoms with Crippen LogP contribution in [0.5, 0.6) is 0 Å². The molecule has 0 aromatic heterocycles. The fourth-order valence-electron chi connectivity index (χ4n) is 1.52. The van der Waals surface area contributed by atoms with Crippen molar-refractivity contribution in [2.45, 2.75) is 0 Å². The van der Waals surface area contributed by atoms with Crippen molar-refractivity contribution in [1.29, 1.82) is 0 Å².